The molecule has 1 N–H and O–H groups in total. The van der Waals surface area contributed by atoms with Gasteiger partial charge in [-0.25, -0.2) is 0 Å². The molecule has 1 fully saturated rings. The zero-order valence-electron chi connectivity index (χ0n) is 9.09. The second-order valence-corrected chi connectivity index (χ2v) is 4.37. The van der Waals surface area contributed by atoms with E-state index in [1.54, 1.807) is 0 Å². The first-order chi connectivity index (χ1) is 6.81. The summed E-state index contributed by atoms with van der Waals surface area (Å²) in [5.41, 5.74) is 2.82. The summed E-state index contributed by atoms with van der Waals surface area (Å²) in [6, 6.07) is 9.44. The first kappa shape index (κ1) is 9.72. The van der Waals surface area contributed by atoms with Crippen LogP contribution in [-0.4, -0.2) is 7.05 Å². The minimum Gasteiger partial charge on any atom is -0.313 e. The Kier molecular flexibility index (Phi) is 2.87. The zero-order valence-corrected chi connectivity index (χ0v) is 9.09. The van der Waals surface area contributed by atoms with Crippen molar-refractivity contribution in [3.05, 3.63) is 35.4 Å². The Bertz CT molecular complexity index is 302. The van der Waals surface area contributed by atoms with Crippen LogP contribution >= 0.6 is 0 Å². The maximum absolute atomic E-state index is 3.45. The number of hydrogen-bond donors (Lipinski definition) is 1. The molecule has 1 unspecified atom stereocenters. The van der Waals surface area contributed by atoms with Crippen LogP contribution in [0.3, 0.4) is 0 Å². The number of hydrogen-bond acceptors (Lipinski definition) is 1. The van der Waals surface area contributed by atoms with E-state index in [0.717, 1.165) is 5.92 Å². The van der Waals surface area contributed by atoms with Crippen molar-refractivity contribution < 1.29 is 0 Å². The molecule has 2 rings (SSSR count). The molecule has 1 aromatic rings. The molecule has 0 heterocycles. The highest BCUT2D eigenvalue weighted by atomic mass is 14.9. The molecule has 0 spiro atoms. The molecule has 1 atom stereocenters. The van der Waals surface area contributed by atoms with Crippen molar-refractivity contribution in [2.24, 2.45) is 5.92 Å². The molecule has 1 heteroatoms. The Morgan fingerprint density at radius 3 is 2.64 bits per heavy atom. The van der Waals surface area contributed by atoms with Crippen molar-refractivity contribution in [3.8, 4) is 0 Å². The Morgan fingerprint density at radius 2 is 2.14 bits per heavy atom. The van der Waals surface area contributed by atoms with Crippen molar-refractivity contribution in [1.29, 1.82) is 0 Å². The average molecular weight is 189 g/mol. The van der Waals surface area contributed by atoms with Crippen LogP contribution in [0.1, 0.15) is 36.4 Å². The van der Waals surface area contributed by atoms with E-state index in [9.17, 15) is 0 Å². The monoisotopic (exact) mass is 189 g/mol. The summed E-state index contributed by atoms with van der Waals surface area (Å²) in [5.74, 6) is 0.863. The average Bonchev–Trinajstić information content (AvgIpc) is 2.10. The van der Waals surface area contributed by atoms with Gasteiger partial charge in [-0.05, 0) is 38.3 Å². The highest BCUT2D eigenvalue weighted by Crippen LogP contribution is 2.37. The predicted octanol–water partition coefficient (Wildman–Crippen LogP) is 3.06. The Labute approximate surface area is 86.5 Å². The smallest absolute Gasteiger partial charge is 0.0346 e. The summed E-state index contributed by atoms with van der Waals surface area (Å²) in [4.78, 5) is 0. The summed E-state index contributed by atoms with van der Waals surface area (Å²) < 4.78 is 0. The van der Waals surface area contributed by atoms with Gasteiger partial charge in [-0.3, -0.25) is 0 Å². The van der Waals surface area contributed by atoms with Gasteiger partial charge in [0, 0.05) is 6.04 Å². The molecule has 0 saturated heterocycles. The van der Waals surface area contributed by atoms with E-state index in [1.165, 1.54) is 30.4 Å². The second kappa shape index (κ2) is 4.14. The van der Waals surface area contributed by atoms with Crippen molar-refractivity contribution in [3.63, 3.8) is 0 Å². The van der Waals surface area contributed by atoms with E-state index in [0.29, 0.717) is 6.04 Å². The van der Waals surface area contributed by atoms with Gasteiger partial charge in [-0.2, -0.15) is 0 Å². The van der Waals surface area contributed by atoms with Crippen LogP contribution in [0.15, 0.2) is 24.3 Å². The van der Waals surface area contributed by atoms with Gasteiger partial charge in [-0.1, -0.05) is 36.2 Å². The lowest BCUT2D eigenvalue weighted by Crippen LogP contribution is -2.29. The van der Waals surface area contributed by atoms with Crippen molar-refractivity contribution >= 4 is 0 Å². The highest BCUT2D eigenvalue weighted by Gasteiger charge is 2.26. The number of rotatable bonds is 3. The molecular weight excluding hydrogens is 170 g/mol. The molecule has 1 aliphatic rings. The van der Waals surface area contributed by atoms with Crippen molar-refractivity contribution in [1.82, 2.24) is 5.32 Å². The third-order valence-electron chi connectivity index (χ3n) is 3.33. The summed E-state index contributed by atoms with van der Waals surface area (Å²) in [6.45, 7) is 2.16. The quantitative estimate of drug-likeness (QED) is 0.770. The predicted molar refractivity (Wildman–Crippen MR) is 60.3 cm³/mol. The van der Waals surface area contributed by atoms with Gasteiger partial charge < -0.3 is 5.32 Å². The van der Waals surface area contributed by atoms with Crippen LogP contribution in [0.5, 0.6) is 0 Å². The largest absolute Gasteiger partial charge is 0.313 e. The van der Waals surface area contributed by atoms with E-state index in [2.05, 4.69) is 43.6 Å². The minimum absolute atomic E-state index is 0.573. The third-order valence-corrected chi connectivity index (χ3v) is 3.33. The molecule has 1 aliphatic carbocycles. The summed E-state index contributed by atoms with van der Waals surface area (Å²) in [6.07, 6.45) is 4.19. The van der Waals surface area contributed by atoms with Crippen LogP contribution < -0.4 is 5.32 Å². The van der Waals surface area contributed by atoms with Crippen LogP contribution in [0.2, 0.25) is 0 Å². The molecule has 76 valence electrons. The van der Waals surface area contributed by atoms with E-state index >= 15 is 0 Å². The van der Waals surface area contributed by atoms with Gasteiger partial charge in [0.15, 0.2) is 0 Å². The number of nitrogens with one attached hydrogen (secondary N) is 1. The van der Waals surface area contributed by atoms with Crippen LogP contribution in [0.4, 0.5) is 0 Å². The van der Waals surface area contributed by atoms with Gasteiger partial charge in [0.05, 0.1) is 0 Å². The Balaban J connectivity index is 2.17. The standard InChI is InChI=1S/C13H19N/c1-10-5-3-8-12(9-10)13(14-2)11-6-4-7-11/h3,5,8-9,11,13-14H,4,6-7H2,1-2H3. The lowest BCUT2D eigenvalue weighted by molar-refractivity contribution is 0.239. The molecule has 0 bridgehead atoms. The van der Waals surface area contributed by atoms with Crippen molar-refractivity contribution in [2.45, 2.75) is 32.2 Å². The van der Waals surface area contributed by atoms with E-state index in [4.69, 9.17) is 0 Å². The lowest BCUT2D eigenvalue weighted by atomic mass is 9.77. The Hall–Kier alpha value is -0.820. The highest BCUT2D eigenvalue weighted by molar-refractivity contribution is 5.25. The summed E-state index contributed by atoms with van der Waals surface area (Å²) >= 11 is 0. The SMILES string of the molecule is CNC(c1cccc(C)c1)C1CCC1. The first-order valence-corrected chi connectivity index (χ1v) is 5.55. The first-order valence-electron chi connectivity index (χ1n) is 5.55. The summed E-state index contributed by atoms with van der Waals surface area (Å²) in [5, 5.41) is 3.45. The van der Waals surface area contributed by atoms with Crippen LogP contribution in [0.25, 0.3) is 0 Å². The fourth-order valence-electron chi connectivity index (χ4n) is 2.31. The molecule has 1 nitrogen and oxygen atoms in total. The lowest BCUT2D eigenvalue weighted by Gasteiger charge is -2.34. The topological polar surface area (TPSA) is 12.0 Å². The minimum atomic E-state index is 0.573. The maximum atomic E-state index is 3.45. The number of benzene rings is 1. The molecule has 0 radical (unpaired) electrons. The third kappa shape index (κ3) is 1.83. The molecule has 0 amide bonds. The molecule has 0 aliphatic heterocycles. The normalized spacial score (nSPS) is 19.0. The molecular formula is C13H19N. The fourth-order valence-corrected chi connectivity index (χ4v) is 2.31. The maximum Gasteiger partial charge on any atom is 0.0346 e. The fraction of sp³-hybridized carbons (Fsp3) is 0.538. The number of aryl methyl sites for hydroxylation is 1. The summed E-state index contributed by atoms with van der Waals surface area (Å²) in [7, 11) is 2.07. The van der Waals surface area contributed by atoms with Gasteiger partial charge >= 0.3 is 0 Å². The second-order valence-electron chi connectivity index (χ2n) is 4.37. The van der Waals surface area contributed by atoms with E-state index < -0.39 is 0 Å². The van der Waals surface area contributed by atoms with Gasteiger partial charge in [0.2, 0.25) is 0 Å². The van der Waals surface area contributed by atoms with Crippen molar-refractivity contribution in [2.75, 3.05) is 7.05 Å². The molecule has 1 saturated carbocycles. The van der Waals surface area contributed by atoms with E-state index in [1.807, 2.05) is 0 Å². The van der Waals surface area contributed by atoms with Gasteiger partial charge in [-0.15, -0.1) is 0 Å². The zero-order chi connectivity index (χ0) is 9.97. The Morgan fingerprint density at radius 1 is 1.36 bits per heavy atom. The molecule has 0 aromatic heterocycles. The van der Waals surface area contributed by atoms with Crippen LogP contribution in [-0.2, 0) is 0 Å². The van der Waals surface area contributed by atoms with Crippen LogP contribution in [0, 0.1) is 12.8 Å². The van der Waals surface area contributed by atoms with Gasteiger partial charge in [0.25, 0.3) is 0 Å². The molecule has 14 heavy (non-hydrogen) atoms. The molecule has 1 aromatic carbocycles. The van der Waals surface area contributed by atoms with Gasteiger partial charge in [0.1, 0.15) is 0 Å². The van der Waals surface area contributed by atoms with E-state index in [-0.39, 0.29) is 0 Å².